The summed E-state index contributed by atoms with van der Waals surface area (Å²) in [5.74, 6) is -0.320. The Morgan fingerprint density at radius 2 is 1.96 bits per heavy atom. The minimum absolute atomic E-state index is 0.0629. The first-order valence-corrected chi connectivity index (χ1v) is 8.46. The van der Waals surface area contributed by atoms with E-state index in [1.54, 1.807) is 25.1 Å². The van der Waals surface area contributed by atoms with E-state index in [0.717, 1.165) is 0 Å². The number of ether oxygens (including phenoxy) is 1. The molecule has 1 amide bonds. The highest BCUT2D eigenvalue weighted by molar-refractivity contribution is 5.94. The summed E-state index contributed by atoms with van der Waals surface area (Å²) in [6, 6.07) is 5.21. The molecule has 1 aliphatic heterocycles. The molecular formula is C17H22N4O4. The maximum atomic E-state index is 12.2. The molecule has 0 unspecified atom stereocenters. The van der Waals surface area contributed by atoms with Crippen LogP contribution in [0.15, 0.2) is 23.0 Å². The van der Waals surface area contributed by atoms with Gasteiger partial charge in [-0.2, -0.15) is 0 Å². The molecule has 2 aromatic rings. The standard InChI is InChI=1S/C17H22N4O4/c1-2-25-16(23)11-5-7-21(8-6-11)10-15(22)18-12-3-4-13-14(9-12)20-17(24)19-13/h3-4,9,11H,2,5-8,10H2,1H3,(H,18,22)(H2,19,20,24). The first-order valence-electron chi connectivity index (χ1n) is 8.46. The number of rotatable bonds is 5. The fraction of sp³-hybridized carbons (Fsp3) is 0.471. The van der Waals surface area contributed by atoms with Crippen LogP contribution in [0.5, 0.6) is 0 Å². The van der Waals surface area contributed by atoms with Crippen molar-refractivity contribution >= 4 is 28.6 Å². The second-order valence-electron chi connectivity index (χ2n) is 6.19. The fourth-order valence-corrected chi connectivity index (χ4v) is 3.10. The number of likely N-dealkylation sites (tertiary alicyclic amines) is 1. The molecule has 1 fully saturated rings. The van der Waals surface area contributed by atoms with Crippen LogP contribution in [0.3, 0.4) is 0 Å². The highest BCUT2D eigenvalue weighted by Gasteiger charge is 2.26. The van der Waals surface area contributed by atoms with Crippen molar-refractivity contribution in [3.63, 3.8) is 0 Å². The van der Waals surface area contributed by atoms with Crippen molar-refractivity contribution in [2.45, 2.75) is 19.8 Å². The molecule has 8 nitrogen and oxygen atoms in total. The lowest BCUT2D eigenvalue weighted by Crippen LogP contribution is -2.41. The Bertz CT molecular complexity index is 817. The van der Waals surface area contributed by atoms with E-state index in [2.05, 4.69) is 15.3 Å². The summed E-state index contributed by atoms with van der Waals surface area (Å²) in [7, 11) is 0. The van der Waals surface area contributed by atoms with E-state index in [4.69, 9.17) is 4.74 Å². The Hall–Kier alpha value is -2.61. The lowest BCUT2D eigenvalue weighted by molar-refractivity contribution is -0.149. The number of piperidine rings is 1. The minimum Gasteiger partial charge on any atom is -0.466 e. The minimum atomic E-state index is -0.275. The molecule has 25 heavy (non-hydrogen) atoms. The van der Waals surface area contributed by atoms with Gasteiger partial charge in [0.15, 0.2) is 0 Å². The topological polar surface area (TPSA) is 107 Å². The summed E-state index contributed by atoms with van der Waals surface area (Å²) < 4.78 is 5.05. The van der Waals surface area contributed by atoms with Crippen molar-refractivity contribution in [3.8, 4) is 0 Å². The second kappa shape index (κ2) is 7.52. The van der Waals surface area contributed by atoms with Crippen LogP contribution in [0.25, 0.3) is 11.0 Å². The first kappa shape index (κ1) is 17.2. The zero-order chi connectivity index (χ0) is 17.8. The van der Waals surface area contributed by atoms with Crippen LogP contribution in [-0.2, 0) is 14.3 Å². The number of aromatic nitrogens is 2. The molecule has 0 radical (unpaired) electrons. The summed E-state index contributed by atoms with van der Waals surface area (Å²) in [6.07, 6.45) is 1.42. The maximum Gasteiger partial charge on any atom is 0.323 e. The normalized spacial score (nSPS) is 16.0. The lowest BCUT2D eigenvalue weighted by Gasteiger charge is -2.30. The number of carbonyl (C=O) groups is 2. The first-order chi connectivity index (χ1) is 12.0. The van der Waals surface area contributed by atoms with Crippen molar-refractivity contribution in [3.05, 3.63) is 28.7 Å². The Morgan fingerprint density at radius 3 is 2.68 bits per heavy atom. The monoisotopic (exact) mass is 346 g/mol. The Morgan fingerprint density at radius 1 is 1.24 bits per heavy atom. The second-order valence-corrected chi connectivity index (χ2v) is 6.19. The number of amides is 1. The molecule has 0 atom stereocenters. The molecule has 134 valence electrons. The number of imidazole rings is 1. The van der Waals surface area contributed by atoms with Gasteiger partial charge in [-0.1, -0.05) is 0 Å². The van der Waals surface area contributed by atoms with Gasteiger partial charge in [0, 0.05) is 5.69 Å². The molecule has 1 aromatic carbocycles. The van der Waals surface area contributed by atoms with Crippen molar-refractivity contribution < 1.29 is 14.3 Å². The van der Waals surface area contributed by atoms with Gasteiger partial charge in [0.1, 0.15) is 0 Å². The molecule has 1 aliphatic rings. The quantitative estimate of drug-likeness (QED) is 0.702. The van der Waals surface area contributed by atoms with Crippen molar-refractivity contribution in [2.24, 2.45) is 5.92 Å². The van der Waals surface area contributed by atoms with Crippen LogP contribution in [-0.4, -0.2) is 53.0 Å². The third kappa shape index (κ3) is 4.27. The number of nitrogens with one attached hydrogen (secondary N) is 3. The number of esters is 1. The Kier molecular flexibility index (Phi) is 5.18. The van der Waals surface area contributed by atoms with Crippen LogP contribution in [0, 0.1) is 5.92 Å². The van der Waals surface area contributed by atoms with E-state index in [1.165, 1.54) is 0 Å². The molecule has 3 N–H and O–H groups in total. The molecule has 1 aromatic heterocycles. The maximum absolute atomic E-state index is 12.2. The van der Waals surface area contributed by atoms with E-state index in [1.807, 2.05) is 4.90 Å². The number of hydrogen-bond acceptors (Lipinski definition) is 5. The summed E-state index contributed by atoms with van der Waals surface area (Å²) in [5, 5.41) is 2.84. The SMILES string of the molecule is CCOC(=O)C1CCN(CC(=O)Nc2ccc3[nH]c(=O)[nH]c3c2)CC1. The zero-order valence-electron chi connectivity index (χ0n) is 14.1. The number of hydrogen-bond donors (Lipinski definition) is 3. The van der Waals surface area contributed by atoms with Crippen LogP contribution < -0.4 is 11.0 Å². The number of fused-ring (bicyclic) bond motifs is 1. The molecular weight excluding hydrogens is 324 g/mol. The number of H-pyrrole nitrogens is 2. The molecule has 8 heteroatoms. The predicted molar refractivity (Wildman–Crippen MR) is 93.3 cm³/mol. The molecule has 0 spiro atoms. The number of carbonyl (C=O) groups excluding carboxylic acids is 2. The average molecular weight is 346 g/mol. The molecule has 2 heterocycles. The molecule has 0 saturated carbocycles. The van der Waals surface area contributed by atoms with Crippen molar-refractivity contribution in [2.75, 3.05) is 31.6 Å². The van der Waals surface area contributed by atoms with Gasteiger partial charge in [-0.25, -0.2) is 4.79 Å². The third-order valence-electron chi connectivity index (χ3n) is 4.37. The number of aromatic amines is 2. The summed E-state index contributed by atoms with van der Waals surface area (Å²) in [6.45, 7) is 3.87. The van der Waals surface area contributed by atoms with Crippen LogP contribution >= 0.6 is 0 Å². The van der Waals surface area contributed by atoms with E-state index in [9.17, 15) is 14.4 Å². The average Bonchev–Trinajstić information content (AvgIpc) is 2.95. The number of anilines is 1. The smallest absolute Gasteiger partial charge is 0.323 e. The van der Waals surface area contributed by atoms with Gasteiger partial charge in [0.2, 0.25) is 5.91 Å². The van der Waals surface area contributed by atoms with Gasteiger partial charge < -0.3 is 20.0 Å². The molecule has 0 aliphatic carbocycles. The summed E-state index contributed by atoms with van der Waals surface area (Å²) in [4.78, 5) is 42.6. The van der Waals surface area contributed by atoms with Crippen LogP contribution in [0.4, 0.5) is 5.69 Å². The van der Waals surface area contributed by atoms with Gasteiger partial charge in [-0.3, -0.25) is 14.5 Å². The number of nitrogens with zero attached hydrogens (tertiary/aromatic N) is 1. The van der Waals surface area contributed by atoms with Gasteiger partial charge in [-0.05, 0) is 51.1 Å². The van der Waals surface area contributed by atoms with Gasteiger partial charge in [0.05, 0.1) is 30.1 Å². The molecule has 0 bridgehead atoms. The molecule has 1 saturated heterocycles. The van der Waals surface area contributed by atoms with E-state index >= 15 is 0 Å². The van der Waals surface area contributed by atoms with Crippen LogP contribution in [0.2, 0.25) is 0 Å². The van der Waals surface area contributed by atoms with Gasteiger partial charge in [-0.15, -0.1) is 0 Å². The molecule has 3 rings (SSSR count). The van der Waals surface area contributed by atoms with E-state index < -0.39 is 0 Å². The fourth-order valence-electron chi connectivity index (χ4n) is 3.10. The van der Waals surface area contributed by atoms with E-state index in [-0.39, 0.29) is 30.0 Å². The number of benzene rings is 1. The van der Waals surface area contributed by atoms with Gasteiger partial charge in [0.25, 0.3) is 0 Å². The third-order valence-corrected chi connectivity index (χ3v) is 4.37. The highest BCUT2D eigenvalue weighted by atomic mass is 16.5. The Labute approximate surface area is 144 Å². The zero-order valence-corrected chi connectivity index (χ0v) is 14.1. The Balaban J connectivity index is 1.51. The summed E-state index contributed by atoms with van der Waals surface area (Å²) >= 11 is 0. The highest BCUT2D eigenvalue weighted by Crippen LogP contribution is 2.19. The van der Waals surface area contributed by atoms with E-state index in [0.29, 0.717) is 49.3 Å². The predicted octanol–water partition coefficient (Wildman–Crippen LogP) is 1.07. The largest absolute Gasteiger partial charge is 0.466 e. The van der Waals surface area contributed by atoms with Gasteiger partial charge >= 0.3 is 11.7 Å². The summed E-state index contributed by atoms with van der Waals surface area (Å²) in [5.41, 5.74) is 1.71. The lowest BCUT2D eigenvalue weighted by atomic mass is 9.97. The van der Waals surface area contributed by atoms with Crippen LogP contribution in [0.1, 0.15) is 19.8 Å². The van der Waals surface area contributed by atoms with Crippen molar-refractivity contribution in [1.82, 2.24) is 14.9 Å². The van der Waals surface area contributed by atoms with Crippen molar-refractivity contribution in [1.29, 1.82) is 0 Å².